The second kappa shape index (κ2) is 5.19. The van der Waals surface area contributed by atoms with Crippen LogP contribution < -0.4 is 4.90 Å². The molecule has 23 heavy (non-hydrogen) atoms. The summed E-state index contributed by atoms with van der Waals surface area (Å²) < 4.78 is 7.01. The Morgan fingerprint density at radius 3 is 2.83 bits per heavy atom. The molecule has 0 spiro atoms. The Hall–Kier alpha value is -2.15. The first-order valence-corrected chi connectivity index (χ1v) is 8.01. The van der Waals surface area contributed by atoms with Crippen LogP contribution >= 0.6 is 0 Å². The lowest BCUT2D eigenvalue weighted by atomic mass is 10.1. The van der Waals surface area contributed by atoms with Gasteiger partial charge in [-0.05, 0) is 20.3 Å². The van der Waals surface area contributed by atoms with E-state index in [2.05, 4.69) is 15.2 Å². The van der Waals surface area contributed by atoms with Crippen LogP contribution in [0.25, 0.3) is 0 Å². The van der Waals surface area contributed by atoms with Gasteiger partial charge in [-0.2, -0.15) is 5.10 Å². The van der Waals surface area contributed by atoms with Crippen LogP contribution in [0, 0.1) is 13.8 Å². The monoisotopic (exact) mass is 315 g/mol. The van der Waals surface area contributed by atoms with Crippen LogP contribution in [0.4, 0.5) is 5.69 Å². The Morgan fingerprint density at radius 2 is 2.17 bits per heavy atom. The number of aryl methyl sites for hydroxylation is 3. The van der Waals surface area contributed by atoms with Crippen molar-refractivity contribution in [2.24, 2.45) is 7.05 Å². The van der Waals surface area contributed by atoms with Crippen molar-refractivity contribution in [3.05, 3.63) is 29.4 Å². The maximum absolute atomic E-state index is 12.5. The summed E-state index contributed by atoms with van der Waals surface area (Å²) in [7, 11) is 1.87. The van der Waals surface area contributed by atoms with E-state index < -0.39 is 0 Å². The number of likely N-dealkylation sites (tertiary alicyclic amines) is 1. The third-order valence-corrected chi connectivity index (χ3v) is 5.12. The summed E-state index contributed by atoms with van der Waals surface area (Å²) in [6.07, 6.45) is 5.26. The Kier molecular flexibility index (Phi) is 3.26. The SMILES string of the molecule is Cc1noc(C)c1CN1CCC2C1CC(=O)N2c1cnn(C)c1. The number of aromatic nitrogens is 3. The first kappa shape index (κ1) is 14.4. The van der Waals surface area contributed by atoms with E-state index in [1.165, 1.54) is 0 Å². The molecular weight excluding hydrogens is 294 g/mol. The predicted octanol–water partition coefficient (Wildman–Crippen LogP) is 1.40. The molecule has 0 aliphatic carbocycles. The number of fused-ring (bicyclic) bond motifs is 1. The Bertz CT molecular complexity index is 730. The minimum Gasteiger partial charge on any atom is -0.361 e. The minimum absolute atomic E-state index is 0.191. The third-order valence-electron chi connectivity index (χ3n) is 5.12. The van der Waals surface area contributed by atoms with Gasteiger partial charge in [-0.15, -0.1) is 0 Å². The number of amides is 1. The Labute approximate surface area is 134 Å². The number of carbonyl (C=O) groups excluding carboxylic acids is 1. The maximum Gasteiger partial charge on any atom is 0.229 e. The molecule has 0 N–H and O–H groups in total. The number of nitrogens with zero attached hydrogens (tertiary/aromatic N) is 5. The molecule has 2 fully saturated rings. The van der Waals surface area contributed by atoms with Gasteiger partial charge in [0, 0.05) is 44.4 Å². The van der Waals surface area contributed by atoms with Crippen LogP contribution in [0.3, 0.4) is 0 Å². The first-order valence-electron chi connectivity index (χ1n) is 8.01. The van der Waals surface area contributed by atoms with Gasteiger partial charge in [0.1, 0.15) is 5.76 Å². The van der Waals surface area contributed by atoms with E-state index in [0.717, 1.165) is 42.2 Å². The summed E-state index contributed by atoms with van der Waals surface area (Å²) in [6.45, 7) is 5.71. The van der Waals surface area contributed by atoms with Crippen LogP contribution in [-0.4, -0.2) is 44.4 Å². The Morgan fingerprint density at radius 1 is 1.35 bits per heavy atom. The van der Waals surface area contributed by atoms with E-state index in [-0.39, 0.29) is 18.0 Å². The van der Waals surface area contributed by atoms with Crippen molar-refractivity contribution in [2.75, 3.05) is 11.4 Å². The van der Waals surface area contributed by atoms with Crippen LogP contribution in [0.5, 0.6) is 0 Å². The molecule has 4 heterocycles. The zero-order valence-corrected chi connectivity index (χ0v) is 13.7. The number of rotatable bonds is 3. The molecule has 122 valence electrons. The van der Waals surface area contributed by atoms with E-state index in [9.17, 15) is 4.79 Å². The van der Waals surface area contributed by atoms with Crippen molar-refractivity contribution < 1.29 is 9.32 Å². The summed E-state index contributed by atoms with van der Waals surface area (Å²) in [4.78, 5) is 16.8. The summed E-state index contributed by atoms with van der Waals surface area (Å²) in [5.41, 5.74) is 3.00. The molecular formula is C16H21N5O2. The summed E-state index contributed by atoms with van der Waals surface area (Å²) in [5, 5.41) is 8.24. The maximum atomic E-state index is 12.5. The fourth-order valence-electron chi connectivity index (χ4n) is 3.92. The van der Waals surface area contributed by atoms with E-state index in [4.69, 9.17) is 4.52 Å². The average molecular weight is 315 g/mol. The molecule has 2 atom stereocenters. The van der Waals surface area contributed by atoms with Gasteiger partial charge in [-0.1, -0.05) is 5.16 Å². The Balaban J connectivity index is 1.56. The normalized spacial score (nSPS) is 24.7. The van der Waals surface area contributed by atoms with Crippen molar-refractivity contribution >= 4 is 11.6 Å². The van der Waals surface area contributed by atoms with E-state index in [1.54, 1.807) is 10.9 Å². The van der Waals surface area contributed by atoms with Crippen molar-refractivity contribution in [2.45, 2.75) is 45.3 Å². The number of hydrogen-bond acceptors (Lipinski definition) is 5. The van der Waals surface area contributed by atoms with Gasteiger partial charge >= 0.3 is 0 Å². The molecule has 0 saturated carbocycles. The molecule has 2 unspecified atom stereocenters. The van der Waals surface area contributed by atoms with Crippen LogP contribution in [0.1, 0.15) is 29.9 Å². The van der Waals surface area contributed by atoms with Gasteiger partial charge in [-0.25, -0.2) is 0 Å². The lowest BCUT2D eigenvalue weighted by molar-refractivity contribution is -0.117. The zero-order chi connectivity index (χ0) is 16.1. The highest BCUT2D eigenvalue weighted by Crippen LogP contribution is 2.36. The minimum atomic E-state index is 0.191. The van der Waals surface area contributed by atoms with Crippen LogP contribution in [-0.2, 0) is 18.4 Å². The fraction of sp³-hybridized carbons (Fsp3) is 0.562. The van der Waals surface area contributed by atoms with Gasteiger partial charge in [0.15, 0.2) is 0 Å². The molecule has 2 saturated heterocycles. The van der Waals surface area contributed by atoms with E-state index >= 15 is 0 Å². The first-order chi connectivity index (χ1) is 11.0. The second-order valence-corrected chi connectivity index (χ2v) is 6.54. The molecule has 7 heteroatoms. The molecule has 2 aromatic heterocycles. The third kappa shape index (κ3) is 2.26. The molecule has 2 aliphatic rings. The topological polar surface area (TPSA) is 67.4 Å². The van der Waals surface area contributed by atoms with Gasteiger partial charge in [-0.3, -0.25) is 14.4 Å². The van der Waals surface area contributed by atoms with E-state index in [1.807, 2.05) is 32.0 Å². The molecule has 2 aromatic rings. The highest BCUT2D eigenvalue weighted by atomic mass is 16.5. The summed E-state index contributed by atoms with van der Waals surface area (Å²) in [6, 6.07) is 0.503. The molecule has 0 radical (unpaired) electrons. The number of carbonyl (C=O) groups is 1. The molecule has 0 aromatic carbocycles. The van der Waals surface area contributed by atoms with Crippen LogP contribution in [0.2, 0.25) is 0 Å². The standard InChI is InChI=1S/C16H21N5O2/c1-10-13(11(2)23-18-10)9-20-5-4-14-15(20)6-16(22)21(14)12-7-17-19(3)8-12/h7-8,14-15H,4-6,9H2,1-3H3. The summed E-state index contributed by atoms with van der Waals surface area (Å²) in [5.74, 6) is 1.07. The molecule has 1 amide bonds. The number of anilines is 1. The molecule has 7 nitrogen and oxygen atoms in total. The smallest absolute Gasteiger partial charge is 0.229 e. The average Bonchev–Trinajstić information content (AvgIpc) is 3.23. The lowest BCUT2D eigenvalue weighted by Crippen LogP contribution is -2.37. The van der Waals surface area contributed by atoms with Gasteiger partial charge in [0.2, 0.25) is 5.91 Å². The van der Waals surface area contributed by atoms with Crippen LogP contribution in [0.15, 0.2) is 16.9 Å². The van der Waals surface area contributed by atoms with Gasteiger partial charge < -0.3 is 9.42 Å². The molecule has 4 rings (SSSR count). The largest absolute Gasteiger partial charge is 0.361 e. The van der Waals surface area contributed by atoms with Crippen molar-refractivity contribution in [3.8, 4) is 0 Å². The van der Waals surface area contributed by atoms with Gasteiger partial charge in [0.25, 0.3) is 0 Å². The highest BCUT2D eigenvalue weighted by Gasteiger charge is 2.47. The molecule has 2 aliphatic heterocycles. The van der Waals surface area contributed by atoms with Gasteiger partial charge in [0.05, 0.1) is 23.6 Å². The lowest BCUT2D eigenvalue weighted by Gasteiger charge is -2.24. The predicted molar refractivity (Wildman–Crippen MR) is 83.9 cm³/mol. The fourth-order valence-corrected chi connectivity index (χ4v) is 3.92. The zero-order valence-electron chi connectivity index (χ0n) is 13.7. The quantitative estimate of drug-likeness (QED) is 0.856. The van der Waals surface area contributed by atoms with Crippen molar-refractivity contribution in [1.29, 1.82) is 0 Å². The van der Waals surface area contributed by atoms with Crippen molar-refractivity contribution in [3.63, 3.8) is 0 Å². The second-order valence-electron chi connectivity index (χ2n) is 6.54. The van der Waals surface area contributed by atoms with E-state index in [0.29, 0.717) is 6.42 Å². The summed E-state index contributed by atoms with van der Waals surface area (Å²) >= 11 is 0. The highest BCUT2D eigenvalue weighted by molar-refractivity contribution is 5.97. The molecule has 0 bridgehead atoms. The van der Waals surface area contributed by atoms with Crippen molar-refractivity contribution in [1.82, 2.24) is 19.8 Å². The number of hydrogen-bond donors (Lipinski definition) is 0.